The second-order valence-electron chi connectivity index (χ2n) is 44.7. The molecule has 0 radical (unpaired) electrons. The van der Waals surface area contributed by atoms with E-state index in [1.807, 2.05) is 144 Å². The third kappa shape index (κ3) is 42.0. The van der Waals surface area contributed by atoms with Crippen LogP contribution in [0.5, 0.6) is 0 Å². The largest absolute Gasteiger partial charge is 0.467 e. The number of alkyl halides is 1. The van der Waals surface area contributed by atoms with Gasteiger partial charge in [0.05, 0.1) is 94.7 Å². The number of amides is 5. The highest BCUT2D eigenvalue weighted by atomic mass is 79.9. The van der Waals surface area contributed by atoms with E-state index in [1.54, 1.807) is 88.0 Å². The van der Waals surface area contributed by atoms with Crippen molar-refractivity contribution in [1.29, 1.82) is 0 Å². The number of ether oxygens (including phenoxy) is 13. The first-order valence-corrected chi connectivity index (χ1v) is 51.0. The van der Waals surface area contributed by atoms with Crippen LogP contribution in [0.2, 0.25) is 0 Å². The second kappa shape index (κ2) is 55.0. The number of benzene rings is 4. The molecule has 0 bridgehead atoms. The van der Waals surface area contributed by atoms with E-state index in [2.05, 4.69) is 63.0 Å². The molecule has 0 aromatic heterocycles. The summed E-state index contributed by atoms with van der Waals surface area (Å²) >= 11 is 2.99. The van der Waals surface area contributed by atoms with E-state index in [0.29, 0.717) is 58.2 Å². The zero-order chi connectivity index (χ0) is 108. The monoisotopic (exact) mass is 2080 g/mol. The lowest BCUT2D eigenvalue weighted by atomic mass is 9.98. The Morgan fingerprint density at radius 2 is 0.708 bits per heavy atom. The lowest BCUT2D eigenvalue weighted by molar-refractivity contribution is -0.164. The summed E-state index contributed by atoms with van der Waals surface area (Å²) in [6, 6.07) is 27.3. The van der Waals surface area contributed by atoms with Crippen LogP contribution in [-0.4, -0.2) is 307 Å². The van der Waals surface area contributed by atoms with E-state index in [9.17, 15) is 62.3 Å². The van der Waals surface area contributed by atoms with Gasteiger partial charge >= 0.3 is 59.9 Å². The molecule has 3 saturated heterocycles. The van der Waals surface area contributed by atoms with Crippen molar-refractivity contribution in [2.45, 2.75) is 354 Å². The Bertz CT molecular complexity index is 4770. The fraction of sp³-hybridized carbons (Fsp3) is 0.657. The number of nitrogens with two attached hydrogens (primary N) is 2. The van der Waals surface area contributed by atoms with Gasteiger partial charge < -0.3 is 98.4 Å². The number of rotatable bonds is 38. The number of esters is 8. The molecule has 5 aliphatic rings. The summed E-state index contributed by atoms with van der Waals surface area (Å²) < 4.78 is 71.9. The summed E-state index contributed by atoms with van der Waals surface area (Å²) in [7, 11) is 3.86. The molecule has 35 nitrogen and oxygen atoms in total. The molecule has 4 aromatic carbocycles. The van der Waals surface area contributed by atoms with Crippen LogP contribution in [0, 0.1) is 0 Å². The summed E-state index contributed by atoms with van der Waals surface area (Å²) in [5.41, 5.74) is 15.5. The van der Waals surface area contributed by atoms with Crippen LogP contribution in [0.15, 0.2) is 97.1 Å². The Kier molecular flexibility index (Phi) is 46.8. The molecule has 804 valence electrons. The number of carbonyl (C=O) groups is 13. The van der Waals surface area contributed by atoms with E-state index >= 15 is 0 Å². The van der Waals surface area contributed by atoms with Crippen LogP contribution in [0.4, 0.5) is 9.59 Å². The zero-order valence-corrected chi connectivity index (χ0v) is 91.7. The third-order valence-corrected chi connectivity index (χ3v) is 23.3. The number of fused-ring (bicyclic) bond motifs is 6. The third-order valence-electron chi connectivity index (χ3n) is 22.9. The summed E-state index contributed by atoms with van der Waals surface area (Å²) in [5, 5.41) is 5.92. The Morgan fingerprint density at radius 3 is 1.04 bits per heavy atom. The smallest absolute Gasteiger partial charge is 0.407 e. The highest BCUT2D eigenvalue weighted by molar-refractivity contribution is 9.09. The topological polar surface area (TPSA) is 434 Å². The fourth-order valence-corrected chi connectivity index (χ4v) is 17.8. The zero-order valence-electron chi connectivity index (χ0n) is 90.1. The average Bonchev–Trinajstić information content (AvgIpc) is 1.61. The molecule has 3 aliphatic heterocycles. The number of methoxy groups -OCH3 is 3. The lowest BCUT2D eigenvalue weighted by Gasteiger charge is -2.35. The van der Waals surface area contributed by atoms with Crippen LogP contribution in [0.3, 0.4) is 0 Å². The molecule has 0 spiro atoms. The molecule has 4 aromatic rings. The molecule has 2 aliphatic carbocycles. The number of alkyl carbamates (subject to hydrolysis) is 2. The van der Waals surface area contributed by atoms with E-state index < -0.39 is 161 Å². The van der Waals surface area contributed by atoms with Gasteiger partial charge in [-0.1, -0.05) is 126 Å². The van der Waals surface area contributed by atoms with Crippen molar-refractivity contribution in [3.63, 3.8) is 0 Å². The minimum absolute atomic E-state index is 0.0493. The highest BCUT2D eigenvalue weighted by Gasteiger charge is 2.49. The molecule has 3 fully saturated rings. The number of hydrogen-bond donors (Lipinski definition) is 4. The quantitative estimate of drug-likeness (QED) is 0.0140. The van der Waals surface area contributed by atoms with Gasteiger partial charge in [0.1, 0.15) is 70.7 Å². The van der Waals surface area contributed by atoms with E-state index in [0.717, 1.165) is 57.3 Å². The molecule has 144 heavy (non-hydrogen) atoms. The van der Waals surface area contributed by atoms with Gasteiger partial charge in [-0.3, -0.25) is 48.2 Å². The molecule has 5 amide bonds. The first kappa shape index (κ1) is 122. The van der Waals surface area contributed by atoms with Crippen LogP contribution in [-0.2, 0) is 114 Å². The molecular weight excluding hydrogens is 1920 g/mol. The van der Waals surface area contributed by atoms with Crippen molar-refractivity contribution in [3.05, 3.63) is 119 Å². The van der Waals surface area contributed by atoms with E-state index in [-0.39, 0.29) is 118 Å². The van der Waals surface area contributed by atoms with Gasteiger partial charge in [-0.15, -0.1) is 0 Å². The molecular formula is C108H164BrN9O26. The van der Waals surface area contributed by atoms with Gasteiger partial charge in [-0.2, -0.15) is 0 Å². The maximum atomic E-state index is 14.7. The van der Waals surface area contributed by atoms with Gasteiger partial charge in [-0.25, -0.2) is 24.0 Å². The van der Waals surface area contributed by atoms with Crippen molar-refractivity contribution in [2.24, 2.45) is 11.5 Å². The first-order valence-electron chi connectivity index (χ1n) is 49.9. The molecule has 9 atom stereocenters. The average molecular weight is 2080 g/mol. The van der Waals surface area contributed by atoms with E-state index in [4.69, 9.17) is 73.0 Å². The number of nitrogens with zero attached hydrogens (tertiary/aromatic N) is 5. The maximum absolute atomic E-state index is 14.7. The SMILES string of the molecule is CC(C)(C)OC(=O)CBr.COC(=O)[C@@H]1C[C@@H](OC(C)(C)C)CN1C(=O)[C@@H](N)CCCCN.COC(=O)[C@@H]1C[C@@H](OC(C)(C)C)CN1C(=O)[C@H](CCCCN(CC(=O)OC(C)(C)C)CC(=O)OC(C)(C)C)N(CC(=O)OC(C)(C)C)CC(=O)OC(C)(C)C.COC(=O)[C@@H]1C[C@@H](OC(C)(C)C)CN1C(=O)[C@H](CCCCNC(=O)OCC1c2ccccc2-c2ccccc21)NC(=O)OCC1c2ccccc2-c2ccccc21. The molecule has 36 heteroatoms. The van der Waals surface area contributed by atoms with Gasteiger partial charge in [0.25, 0.3) is 0 Å². The standard InChI is InChI=1S/C46H51N3O8.C40H71N3O12.C16H31N3O4.C6H11BrO2/c1-46(2,3)57-29-25-41(43(51)54-4)49(26-29)42(50)40(48-45(53)56-28-39-36-21-11-7-17-32(36)33-18-8-12-22-37(33)39)23-13-14-24-47-44(52)55-27-38-34-19-9-5-15-30(34)31-16-6-10-20-35(31)38;1-36(2,3)51-27-21-29(35(49)50-16)43(22-27)34(48)28(42(25-32(46)54-39(10,11)12)26-33(47)55-40(13,14)15)19-17-18-20-41(23-30(44)52-37(4,5)6)24-31(45)53-38(7,8)9;1-16(2,3)23-11-9-13(15(21)22-4)19(10-11)14(20)12(18)7-5-6-8-17;1-6(2,3)9-5(8)4-7/h5-12,15-22,29,38-41H,13-14,23-28H2,1-4H3,(H,47,52)(H,48,53);27-29H,17-26H2,1-16H3;11-13H,5-10,17-18H2,1-4H3;4H2,1-3H3/t29-,40+,41+;27-,28+,29+;11-,12+,13+;/m111./s1. The number of halogens is 1. The van der Waals surface area contributed by atoms with E-state index in [1.165, 1.54) is 40.9 Å². The summed E-state index contributed by atoms with van der Waals surface area (Å²) in [6.07, 6.45) is 2.88. The van der Waals surface area contributed by atoms with Crippen molar-refractivity contribution in [3.8, 4) is 22.3 Å². The van der Waals surface area contributed by atoms with Gasteiger partial charge in [0, 0.05) is 57.3 Å². The van der Waals surface area contributed by atoms with Crippen molar-refractivity contribution in [1.82, 2.24) is 35.1 Å². The van der Waals surface area contributed by atoms with Gasteiger partial charge in [0.2, 0.25) is 17.7 Å². The van der Waals surface area contributed by atoms with Crippen molar-refractivity contribution >= 4 is 93.6 Å². The van der Waals surface area contributed by atoms with Crippen LogP contribution < -0.4 is 22.1 Å². The number of unbranched alkanes of at least 4 members (excludes halogenated alkanes) is 3. The first-order chi connectivity index (χ1) is 66.9. The van der Waals surface area contributed by atoms with Crippen LogP contribution >= 0.6 is 15.9 Å². The Balaban J connectivity index is 0.000000339. The fourth-order valence-electron chi connectivity index (χ4n) is 17.7. The van der Waals surface area contributed by atoms with Gasteiger partial charge in [0.15, 0.2) is 0 Å². The maximum Gasteiger partial charge on any atom is 0.407 e. The Morgan fingerprint density at radius 1 is 0.389 bits per heavy atom. The molecule has 9 rings (SSSR count). The normalized spacial score (nSPS) is 18.0. The second-order valence-corrected chi connectivity index (χ2v) is 45.3. The predicted molar refractivity (Wildman–Crippen MR) is 549 cm³/mol. The number of nitrogens with one attached hydrogen (secondary N) is 2. The predicted octanol–water partition coefficient (Wildman–Crippen LogP) is 14.1. The summed E-state index contributed by atoms with van der Waals surface area (Å²) in [6.45, 7) is 44.4. The Hall–Kier alpha value is -10.2. The van der Waals surface area contributed by atoms with Crippen molar-refractivity contribution in [2.75, 3.05) is 105 Å². The minimum atomic E-state index is -1.09. The highest BCUT2D eigenvalue weighted by Crippen LogP contribution is 2.47. The molecule has 6 N–H and O–H groups in total. The van der Waals surface area contributed by atoms with Gasteiger partial charge in [-0.05, 0) is 269 Å². The molecule has 0 unspecified atom stereocenters. The van der Waals surface area contributed by atoms with Crippen LogP contribution in [0.25, 0.3) is 22.3 Å². The number of likely N-dealkylation sites (tertiary alicyclic amines) is 3. The number of carbonyl (C=O) groups excluding carboxylic acids is 13. The molecule has 0 saturated carbocycles. The summed E-state index contributed by atoms with van der Waals surface area (Å²) in [5.74, 6) is -5.50. The van der Waals surface area contributed by atoms with Crippen molar-refractivity contribution < 1.29 is 124 Å². The Labute approximate surface area is 860 Å². The summed E-state index contributed by atoms with van der Waals surface area (Å²) in [4.78, 5) is 176. The lowest BCUT2D eigenvalue weighted by Crippen LogP contribution is -2.55. The minimum Gasteiger partial charge on any atom is -0.467 e. The molecule has 3 heterocycles. The van der Waals surface area contributed by atoms with Crippen LogP contribution in [0.1, 0.15) is 277 Å². The number of hydrogen-bond acceptors (Lipinski definition) is 30.